The monoisotopic (exact) mass is 373 g/mol. The summed E-state index contributed by atoms with van der Waals surface area (Å²) in [5, 5.41) is 38.3. The maximum absolute atomic E-state index is 12.0. The molecule has 7 N–H and O–H groups in total. The second-order valence-electron chi connectivity index (χ2n) is 5.30. The fraction of sp³-hybridized carbons (Fsp3) is 0.500. The lowest BCUT2D eigenvalue weighted by molar-refractivity contribution is -0.133. The SMILES string of the molecule is Nc1nc2c(nc(SCC(=O)O)n2[C@@H]2O[C@@H](CO)[C@H](O)[C@@H]2O)c(=O)[nH]1. The highest BCUT2D eigenvalue weighted by atomic mass is 32.2. The number of hydrogen-bond donors (Lipinski definition) is 6. The molecule has 0 radical (unpaired) electrons. The summed E-state index contributed by atoms with van der Waals surface area (Å²) >= 11 is 0.778. The molecule has 0 amide bonds. The first-order valence-corrected chi connectivity index (χ1v) is 8.06. The number of anilines is 1. The van der Waals surface area contributed by atoms with E-state index in [1.165, 1.54) is 4.57 Å². The normalized spacial score (nSPS) is 26.4. The van der Waals surface area contributed by atoms with E-state index in [9.17, 15) is 24.9 Å². The summed E-state index contributed by atoms with van der Waals surface area (Å²) in [5.41, 5.74) is 4.73. The fourth-order valence-corrected chi connectivity index (χ4v) is 3.27. The topological polar surface area (TPSA) is 197 Å². The van der Waals surface area contributed by atoms with Crippen LogP contribution in [0.1, 0.15) is 6.23 Å². The van der Waals surface area contributed by atoms with Gasteiger partial charge in [0.25, 0.3) is 5.56 Å². The zero-order chi connectivity index (χ0) is 18.3. The lowest BCUT2D eigenvalue weighted by Gasteiger charge is -2.18. The van der Waals surface area contributed by atoms with Crippen molar-refractivity contribution in [3.8, 4) is 0 Å². The van der Waals surface area contributed by atoms with Crippen LogP contribution in [0.3, 0.4) is 0 Å². The number of fused-ring (bicyclic) bond motifs is 1. The van der Waals surface area contributed by atoms with Crippen LogP contribution in [0.4, 0.5) is 5.95 Å². The second kappa shape index (κ2) is 6.61. The molecular formula is C12H15N5O7S. The van der Waals surface area contributed by atoms with Gasteiger partial charge in [0.2, 0.25) is 5.95 Å². The molecule has 3 rings (SSSR count). The van der Waals surface area contributed by atoms with Crippen molar-refractivity contribution in [1.82, 2.24) is 19.5 Å². The zero-order valence-corrected chi connectivity index (χ0v) is 13.4. The van der Waals surface area contributed by atoms with Gasteiger partial charge in [0.1, 0.15) is 18.3 Å². The highest BCUT2D eigenvalue weighted by molar-refractivity contribution is 7.99. The Morgan fingerprint density at radius 3 is 2.68 bits per heavy atom. The van der Waals surface area contributed by atoms with Gasteiger partial charge in [-0.3, -0.25) is 19.1 Å². The summed E-state index contributed by atoms with van der Waals surface area (Å²) in [6.07, 6.45) is -5.14. The van der Waals surface area contributed by atoms with Crippen LogP contribution >= 0.6 is 11.8 Å². The average Bonchev–Trinajstić information content (AvgIpc) is 3.04. The van der Waals surface area contributed by atoms with E-state index in [-0.39, 0.29) is 28.0 Å². The predicted molar refractivity (Wildman–Crippen MR) is 83.9 cm³/mol. The van der Waals surface area contributed by atoms with E-state index >= 15 is 0 Å². The van der Waals surface area contributed by atoms with Crippen LogP contribution in [0.15, 0.2) is 9.95 Å². The number of H-pyrrole nitrogens is 1. The smallest absolute Gasteiger partial charge is 0.313 e. The number of nitrogen functional groups attached to an aromatic ring is 1. The number of carboxylic acid groups (broad SMARTS) is 1. The predicted octanol–water partition coefficient (Wildman–Crippen LogP) is -2.51. The van der Waals surface area contributed by atoms with Crippen molar-refractivity contribution in [2.45, 2.75) is 29.7 Å². The van der Waals surface area contributed by atoms with Crippen LogP contribution in [-0.2, 0) is 9.53 Å². The van der Waals surface area contributed by atoms with Crippen molar-refractivity contribution >= 4 is 34.8 Å². The first-order chi connectivity index (χ1) is 11.8. The number of nitrogens with zero attached hydrogens (tertiary/aromatic N) is 3. The molecule has 25 heavy (non-hydrogen) atoms. The summed E-state index contributed by atoms with van der Waals surface area (Å²) in [5.74, 6) is -1.70. The molecule has 2 aromatic heterocycles. The number of nitrogens with two attached hydrogens (primary N) is 1. The maximum atomic E-state index is 12.0. The molecule has 1 aliphatic rings. The number of aromatic amines is 1. The van der Waals surface area contributed by atoms with E-state index in [1.807, 2.05) is 0 Å². The molecular weight excluding hydrogens is 358 g/mol. The second-order valence-corrected chi connectivity index (χ2v) is 6.24. The standard InChI is InChI=1S/C12H15N5O7S/c13-11-15-8-5(9(23)16-11)14-12(25-2-4(19)20)17(8)10-7(22)6(21)3(1-18)24-10/h3,6-7,10,18,21-22H,1-2H2,(H,19,20)(H3,13,15,16,23)/t3-,6-,7-,10+/m0/s1. The summed E-state index contributed by atoms with van der Waals surface area (Å²) in [6, 6.07) is 0. The number of aliphatic hydroxyl groups excluding tert-OH is 3. The van der Waals surface area contributed by atoms with Gasteiger partial charge in [-0.15, -0.1) is 0 Å². The highest BCUT2D eigenvalue weighted by Crippen LogP contribution is 2.35. The Kier molecular flexibility index (Phi) is 4.66. The molecule has 0 spiro atoms. The molecule has 0 bridgehead atoms. The number of carboxylic acids is 1. The third-order valence-corrected chi connectivity index (χ3v) is 4.57. The van der Waals surface area contributed by atoms with E-state index in [0.29, 0.717) is 0 Å². The van der Waals surface area contributed by atoms with Gasteiger partial charge in [-0.05, 0) is 0 Å². The largest absolute Gasteiger partial charge is 0.481 e. The van der Waals surface area contributed by atoms with E-state index in [0.717, 1.165) is 11.8 Å². The van der Waals surface area contributed by atoms with E-state index in [4.69, 9.17) is 15.6 Å². The third-order valence-electron chi connectivity index (χ3n) is 3.63. The molecule has 1 fully saturated rings. The van der Waals surface area contributed by atoms with Crippen LogP contribution < -0.4 is 11.3 Å². The highest BCUT2D eigenvalue weighted by Gasteiger charge is 2.45. The van der Waals surface area contributed by atoms with E-state index in [2.05, 4.69) is 15.0 Å². The number of rotatable bonds is 5. The van der Waals surface area contributed by atoms with Crippen molar-refractivity contribution < 1.29 is 30.0 Å². The molecule has 136 valence electrons. The lowest BCUT2D eigenvalue weighted by Crippen LogP contribution is -2.33. The van der Waals surface area contributed by atoms with Gasteiger partial charge in [0, 0.05) is 0 Å². The van der Waals surface area contributed by atoms with Crippen LogP contribution in [0.25, 0.3) is 11.2 Å². The Hall–Kier alpha value is -2.19. The molecule has 0 saturated carbocycles. The average molecular weight is 373 g/mol. The molecule has 0 aromatic carbocycles. The Labute approximate surface area is 143 Å². The molecule has 0 aliphatic carbocycles. The van der Waals surface area contributed by atoms with Crippen molar-refractivity contribution in [1.29, 1.82) is 0 Å². The fourth-order valence-electron chi connectivity index (χ4n) is 2.53. The van der Waals surface area contributed by atoms with Crippen LogP contribution in [0.2, 0.25) is 0 Å². The number of carbonyl (C=O) groups is 1. The van der Waals surface area contributed by atoms with Gasteiger partial charge in [-0.25, -0.2) is 4.98 Å². The Balaban J connectivity index is 2.15. The third kappa shape index (κ3) is 3.07. The lowest BCUT2D eigenvalue weighted by atomic mass is 10.1. The number of nitrogens with one attached hydrogen (secondary N) is 1. The molecule has 1 aliphatic heterocycles. The van der Waals surface area contributed by atoms with Crippen molar-refractivity contribution in [3.05, 3.63) is 10.4 Å². The number of aliphatic carboxylic acids is 1. The van der Waals surface area contributed by atoms with Crippen LogP contribution in [-0.4, -0.2) is 76.6 Å². The number of aromatic nitrogens is 4. The quantitative estimate of drug-likeness (QED) is 0.303. The van der Waals surface area contributed by atoms with E-state index < -0.39 is 42.7 Å². The molecule has 13 heteroatoms. The Bertz CT molecular complexity index is 867. The molecule has 12 nitrogen and oxygen atoms in total. The minimum Gasteiger partial charge on any atom is -0.481 e. The number of aliphatic hydroxyl groups is 3. The maximum Gasteiger partial charge on any atom is 0.313 e. The summed E-state index contributed by atoms with van der Waals surface area (Å²) in [4.78, 5) is 33.1. The number of hydrogen-bond acceptors (Lipinski definition) is 10. The number of imidazole rings is 1. The van der Waals surface area contributed by atoms with Gasteiger partial charge < -0.3 is 30.9 Å². The summed E-state index contributed by atoms with van der Waals surface area (Å²) in [7, 11) is 0. The molecule has 2 aromatic rings. The zero-order valence-electron chi connectivity index (χ0n) is 12.6. The van der Waals surface area contributed by atoms with Crippen molar-refractivity contribution in [2.75, 3.05) is 18.1 Å². The molecule has 0 unspecified atom stereocenters. The first-order valence-electron chi connectivity index (χ1n) is 7.08. The number of thioether (sulfide) groups is 1. The van der Waals surface area contributed by atoms with Crippen LogP contribution in [0, 0.1) is 0 Å². The number of ether oxygens (including phenoxy) is 1. The Morgan fingerprint density at radius 2 is 2.08 bits per heavy atom. The van der Waals surface area contributed by atoms with Crippen molar-refractivity contribution in [2.24, 2.45) is 0 Å². The van der Waals surface area contributed by atoms with Gasteiger partial charge in [-0.1, -0.05) is 11.8 Å². The first kappa shape index (κ1) is 17.6. The van der Waals surface area contributed by atoms with Gasteiger partial charge in [0.15, 0.2) is 22.5 Å². The van der Waals surface area contributed by atoms with Gasteiger partial charge in [0.05, 0.1) is 12.4 Å². The van der Waals surface area contributed by atoms with Gasteiger partial charge >= 0.3 is 5.97 Å². The molecule has 3 heterocycles. The van der Waals surface area contributed by atoms with E-state index in [1.54, 1.807) is 0 Å². The minimum atomic E-state index is -1.46. The van der Waals surface area contributed by atoms with Gasteiger partial charge in [-0.2, -0.15) is 4.98 Å². The summed E-state index contributed by atoms with van der Waals surface area (Å²) in [6.45, 7) is -0.547. The van der Waals surface area contributed by atoms with Crippen LogP contribution in [0.5, 0.6) is 0 Å². The summed E-state index contributed by atoms with van der Waals surface area (Å²) < 4.78 is 6.63. The molecule has 1 saturated heterocycles. The molecule has 4 atom stereocenters. The minimum absolute atomic E-state index is 0.0378. The van der Waals surface area contributed by atoms with Crippen molar-refractivity contribution in [3.63, 3.8) is 0 Å². The Morgan fingerprint density at radius 1 is 1.36 bits per heavy atom.